The van der Waals surface area contributed by atoms with Gasteiger partial charge in [-0.25, -0.2) is 9.97 Å². The second-order valence-electron chi connectivity index (χ2n) is 5.26. The Morgan fingerprint density at radius 3 is 2.79 bits per heavy atom. The second kappa shape index (κ2) is 4.20. The molecule has 2 bridgehead atoms. The van der Waals surface area contributed by atoms with Gasteiger partial charge >= 0.3 is 0 Å². The van der Waals surface area contributed by atoms with E-state index in [0.29, 0.717) is 17.2 Å². The number of nitrogens with zero attached hydrogens (tertiary/aromatic N) is 3. The zero-order valence-electron chi connectivity index (χ0n) is 10.5. The lowest BCUT2D eigenvalue weighted by molar-refractivity contribution is 0.387. The highest BCUT2D eigenvalue weighted by molar-refractivity contribution is 6.28. The van der Waals surface area contributed by atoms with Crippen LogP contribution in [0.2, 0.25) is 5.28 Å². The van der Waals surface area contributed by atoms with Crippen LogP contribution in [0, 0.1) is 0 Å². The maximum Gasteiger partial charge on any atom is 0.224 e. The monoisotopic (exact) mass is 271 g/mol. The number of hydrogen-bond donors (Lipinski definition) is 0. The third-order valence-electron chi connectivity index (χ3n) is 4.28. The third kappa shape index (κ3) is 1.72. The predicted octanol–water partition coefficient (Wildman–Crippen LogP) is 3.57. The highest BCUT2D eigenvalue weighted by atomic mass is 35.5. The van der Waals surface area contributed by atoms with Gasteiger partial charge in [0.25, 0.3) is 0 Å². The molecule has 2 unspecified atom stereocenters. The molecule has 0 spiro atoms. The molecule has 3 nitrogen and oxygen atoms in total. The molecule has 1 aromatic carbocycles. The molecule has 1 aromatic heterocycles. The van der Waals surface area contributed by atoms with Gasteiger partial charge in [0.1, 0.15) is 5.82 Å². The third-order valence-corrected chi connectivity index (χ3v) is 4.46. The summed E-state index contributed by atoms with van der Waals surface area (Å²) in [5, 5.41) is 0.326. The van der Waals surface area contributed by atoms with Crippen molar-refractivity contribution >= 4 is 17.4 Å². The van der Waals surface area contributed by atoms with Crippen LogP contribution in [0.15, 0.2) is 36.5 Å². The van der Waals surface area contributed by atoms with E-state index in [1.165, 1.54) is 24.0 Å². The van der Waals surface area contributed by atoms with E-state index in [4.69, 9.17) is 11.6 Å². The van der Waals surface area contributed by atoms with Crippen LogP contribution in [0.1, 0.15) is 35.9 Å². The minimum atomic E-state index is 0.326. The van der Waals surface area contributed by atoms with Gasteiger partial charge in [0, 0.05) is 18.7 Å². The van der Waals surface area contributed by atoms with Crippen LogP contribution in [0.25, 0.3) is 0 Å². The van der Waals surface area contributed by atoms with Gasteiger partial charge in [0.15, 0.2) is 0 Å². The van der Waals surface area contributed by atoms with E-state index in [2.05, 4.69) is 39.1 Å². The van der Waals surface area contributed by atoms with Gasteiger partial charge in [0.2, 0.25) is 5.28 Å². The van der Waals surface area contributed by atoms with Crippen molar-refractivity contribution in [2.24, 2.45) is 0 Å². The summed E-state index contributed by atoms with van der Waals surface area (Å²) < 4.78 is 0. The quantitative estimate of drug-likeness (QED) is 0.743. The number of halogens is 1. The standard InChI is InChI=1S/C15H14ClN3/c16-15-17-8-7-14(18-15)19-9-10-5-6-13(19)12-4-2-1-3-11(10)12/h1-4,7-8,10,13H,5-6,9H2. The average molecular weight is 272 g/mol. The molecule has 4 heteroatoms. The fraction of sp³-hybridized carbons (Fsp3) is 0.333. The first-order valence-corrected chi connectivity index (χ1v) is 7.05. The van der Waals surface area contributed by atoms with Crippen LogP contribution < -0.4 is 4.90 Å². The Balaban J connectivity index is 1.79. The lowest BCUT2D eigenvalue weighted by Crippen LogP contribution is -2.42. The largest absolute Gasteiger partial charge is 0.349 e. The molecule has 0 saturated carbocycles. The summed E-state index contributed by atoms with van der Waals surface area (Å²) in [7, 11) is 0. The predicted molar refractivity (Wildman–Crippen MR) is 75.5 cm³/mol. The molecule has 2 atom stereocenters. The summed E-state index contributed by atoms with van der Waals surface area (Å²) in [4.78, 5) is 10.7. The zero-order valence-corrected chi connectivity index (χ0v) is 11.2. The van der Waals surface area contributed by atoms with Crippen molar-refractivity contribution in [2.75, 3.05) is 11.4 Å². The Bertz CT molecular complexity index is 628. The van der Waals surface area contributed by atoms with Gasteiger partial charge in [-0.1, -0.05) is 24.3 Å². The molecule has 1 saturated heterocycles. The van der Waals surface area contributed by atoms with Crippen LogP contribution in [0.4, 0.5) is 5.82 Å². The fourth-order valence-electron chi connectivity index (χ4n) is 3.47. The van der Waals surface area contributed by atoms with Crippen molar-refractivity contribution in [2.45, 2.75) is 24.8 Å². The second-order valence-corrected chi connectivity index (χ2v) is 5.59. The van der Waals surface area contributed by atoms with Crippen molar-refractivity contribution < 1.29 is 0 Å². The van der Waals surface area contributed by atoms with Crippen LogP contribution in [-0.2, 0) is 0 Å². The number of rotatable bonds is 1. The molecule has 3 aliphatic rings. The van der Waals surface area contributed by atoms with Crippen LogP contribution >= 0.6 is 11.6 Å². The molecule has 19 heavy (non-hydrogen) atoms. The Labute approximate surface area is 117 Å². The normalized spacial score (nSPS) is 24.4. The Kier molecular flexibility index (Phi) is 2.49. The van der Waals surface area contributed by atoms with E-state index < -0.39 is 0 Å². The molecule has 0 amide bonds. The van der Waals surface area contributed by atoms with E-state index in [-0.39, 0.29) is 0 Å². The molecular formula is C15H14ClN3. The van der Waals surface area contributed by atoms with E-state index in [9.17, 15) is 0 Å². The van der Waals surface area contributed by atoms with Crippen LogP contribution in [0.3, 0.4) is 0 Å². The molecular weight excluding hydrogens is 258 g/mol. The minimum absolute atomic E-state index is 0.326. The lowest BCUT2D eigenvalue weighted by atomic mass is 9.75. The highest BCUT2D eigenvalue weighted by Gasteiger charge is 2.38. The van der Waals surface area contributed by atoms with Gasteiger partial charge in [-0.15, -0.1) is 0 Å². The van der Waals surface area contributed by atoms with Crippen molar-refractivity contribution in [1.29, 1.82) is 0 Å². The molecule has 1 aliphatic carbocycles. The summed E-state index contributed by atoms with van der Waals surface area (Å²) >= 11 is 5.92. The number of hydrogen-bond acceptors (Lipinski definition) is 3. The first kappa shape index (κ1) is 11.2. The minimum Gasteiger partial charge on any atom is -0.349 e. The van der Waals surface area contributed by atoms with E-state index in [0.717, 1.165) is 12.4 Å². The number of piperidine rings is 1. The molecule has 5 rings (SSSR count). The van der Waals surface area contributed by atoms with Crippen molar-refractivity contribution in [3.05, 3.63) is 52.9 Å². The van der Waals surface area contributed by atoms with Gasteiger partial charge < -0.3 is 4.90 Å². The average Bonchev–Trinajstić information content (AvgIpc) is 2.48. The smallest absolute Gasteiger partial charge is 0.224 e. The van der Waals surface area contributed by atoms with Crippen LogP contribution in [-0.4, -0.2) is 16.5 Å². The molecule has 0 radical (unpaired) electrons. The van der Waals surface area contributed by atoms with E-state index in [1.54, 1.807) is 6.20 Å². The molecule has 2 aromatic rings. The first-order chi connectivity index (χ1) is 9.33. The Hall–Kier alpha value is -1.61. The van der Waals surface area contributed by atoms with Gasteiger partial charge in [0.05, 0.1) is 6.04 Å². The molecule has 3 heterocycles. The van der Waals surface area contributed by atoms with Crippen molar-refractivity contribution in [3.8, 4) is 0 Å². The van der Waals surface area contributed by atoms with Gasteiger partial charge in [-0.2, -0.15) is 0 Å². The first-order valence-electron chi connectivity index (χ1n) is 6.67. The maximum absolute atomic E-state index is 5.92. The van der Waals surface area contributed by atoms with E-state index >= 15 is 0 Å². The topological polar surface area (TPSA) is 29.0 Å². The van der Waals surface area contributed by atoms with Gasteiger partial charge in [-0.05, 0) is 41.6 Å². The van der Waals surface area contributed by atoms with Crippen molar-refractivity contribution in [3.63, 3.8) is 0 Å². The van der Waals surface area contributed by atoms with E-state index in [1.807, 2.05) is 6.07 Å². The lowest BCUT2D eigenvalue weighted by Gasteiger charge is -2.47. The molecule has 1 fully saturated rings. The van der Waals surface area contributed by atoms with Crippen LogP contribution in [0.5, 0.6) is 0 Å². The number of benzene rings is 1. The SMILES string of the molecule is Clc1nccc(N2CC3CCC2c2ccccc23)n1. The summed E-state index contributed by atoms with van der Waals surface area (Å²) in [6.45, 7) is 1.04. The number of anilines is 1. The summed E-state index contributed by atoms with van der Waals surface area (Å²) in [6, 6.07) is 11.2. The summed E-state index contributed by atoms with van der Waals surface area (Å²) in [6.07, 6.45) is 4.21. The number of aromatic nitrogens is 2. The summed E-state index contributed by atoms with van der Waals surface area (Å²) in [5.74, 6) is 1.57. The molecule has 0 N–H and O–H groups in total. The van der Waals surface area contributed by atoms with Crippen molar-refractivity contribution in [1.82, 2.24) is 9.97 Å². The highest BCUT2D eigenvalue weighted by Crippen LogP contribution is 2.47. The van der Waals surface area contributed by atoms with Gasteiger partial charge in [-0.3, -0.25) is 0 Å². The summed E-state index contributed by atoms with van der Waals surface area (Å²) in [5.41, 5.74) is 2.98. The Morgan fingerprint density at radius 1 is 1.11 bits per heavy atom. The fourth-order valence-corrected chi connectivity index (χ4v) is 3.62. The molecule has 96 valence electrons. The number of fused-ring (bicyclic) bond motifs is 2. The Morgan fingerprint density at radius 2 is 1.95 bits per heavy atom. The maximum atomic E-state index is 5.92. The zero-order chi connectivity index (χ0) is 12.8. The molecule has 2 aliphatic heterocycles.